The van der Waals surface area contributed by atoms with E-state index in [2.05, 4.69) is 0 Å². The van der Waals surface area contributed by atoms with Crippen molar-refractivity contribution in [2.75, 3.05) is 14.2 Å². The van der Waals surface area contributed by atoms with E-state index in [4.69, 9.17) is 13.9 Å². The molecule has 2 aromatic carbocycles. The van der Waals surface area contributed by atoms with Crippen LogP contribution >= 0.6 is 0 Å². The van der Waals surface area contributed by atoms with Crippen molar-refractivity contribution in [3.8, 4) is 40.1 Å². The monoisotopic (exact) mass is 330 g/mol. The Labute approximate surface area is 135 Å². The van der Waals surface area contributed by atoms with Gasteiger partial charge in [-0.2, -0.15) is 0 Å². The molecular formula is C17H14O7. The van der Waals surface area contributed by atoms with Crippen LogP contribution in [0, 0.1) is 0 Å². The summed E-state index contributed by atoms with van der Waals surface area (Å²) in [4.78, 5) is 12.6. The molecule has 0 atom stereocenters. The van der Waals surface area contributed by atoms with Crippen LogP contribution in [-0.4, -0.2) is 29.5 Å². The molecule has 124 valence electrons. The third-order valence-electron chi connectivity index (χ3n) is 3.62. The number of hydrogen-bond acceptors (Lipinski definition) is 7. The first kappa shape index (κ1) is 15.5. The van der Waals surface area contributed by atoms with Gasteiger partial charge in [0.05, 0.1) is 19.6 Å². The van der Waals surface area contributed by atoms with E-state index >= 15 is 0 Å². The zero-order valence-electron chi connectivity index (χ0n) is 12.9. The van der Waals surface area contributed by atoms with Crippen molar-refractivity contribution < 1.29 is 29.2 Å². The van der Waals surface area contributed by atoms with E-state index in [0.717, 1.165) is 0 Å². The van der Waals surface area contributed by atoms with Crippen LogP contribution in [0.3, 0.4) is 0 Å². The van der Waals surface area contributed by atoms with Gasteiger partial charge in [-0.1, -0.05) is 0 Å². The van der Waals surface area contributed by atoms with Crippen LogP contribution in [0.5, 0.6) is 28.7 Å². The fraction of sp³-hybridized carbons (Fsp3) is 0.118. The second kappa shape index (κ2) is 5.69. The van der Waals surface area contributed by atoms with Crippen LogP contribution in [0.15, 0.2) is 39.5 Å². The quantitative estimate of drug-likeness (QED) is 0.633. The normalized spacial score (nSPS) is 10.8. The number of phenolic OH excluding ortho intramolecular Hbond substituents is 3. The summed E-state index contributed by atoms with van der Waals surface area (Å²) in [6.45, 7) is 0. The maximum Gasteiger partial charge on any atom is 0.235 e. The molecule has 0 aliphatic heterocycles. The van der Waals surface area contributed by atoms with Gasteiger partial charge in [-0.3, -0.25) is 4.79 Å². The number of aromatic hydroxyl groups is 3. The predicted octanol–water partition coefficient (Wildman–Crippen LogP) is 2.59. The number of benzene rings is 2. The number of rotatable bonds is 3. The van der Waals surface area contributed by atoms with Gasteiger partial charge in [-0.15, -0.1) is 0 Å². The first-order valence-corrected chi connectivity index (χ1v) is 6.91. The Bertz CT molecular complexity index is 988. The molecule has 0 spiro atoms. The molecule has 0 saturated carbocycles. The lowest BCUT2D eigenvalue weighted by Crippen LogP contribution is -2.07. The fourth-order valence-electron chi connectivity index (χ4n) is 2.42. The summed E-state index contributed by atoms with van der Waals surface area (Å²) >= 11 is 0. The lowest BCUT2D eigenvalue weighted by atomic mass is 10.1. The molecule has 1 aromatic heterocycles. The van der Waals surface area contributed by atoms with Gasteiger partial charge >= 0.3 is 0 Å². The summed E-state index contributed by atoms with van der Waals surface area (Å²) < 4.78 is 15.7. The van der Waals surface area contributed by atoms with Crippen LogP contribution in [0.4, 0.5) is 0 Å². The zero-order chi connectivity index (χ0) is 17.4. The van der Waals surface area contributed by atoms with Gasteiger partial charge in [0.15, 0.2) is 28.6 Å². The number of hydrogen-bond donors (Lipinski definition) is 3. The Morgan fingerprint density at radius 2 is 1.71 bits per heavy atom. The molecule has 7 nitrogen and oxygen atoms in total. The Morgan fingerprint density at radius 3 is 2.33 bits per heavy atom. The van der Waals surface area contributed by atoms with E-state index < -0.39 is 16.9 Å². The molecule has 0 unspecified atom stereocenters. The van der Waals surface area contributed by atoms with Gasteiger partial charge in [0.1, 0.15) is 0 Å². The van der Waals surface area contributed by atoms with Gasteiger partial charge in [0.25, 0.3) is 0 Å². The maximum absolute atomic E-state index is 12.6. The van der Waals surface area contributed by atoms with Crippen LogP contribution in [0.2, 0.25) is 0 Å². The molecular weight excluding hydrogens is 316 g/mol. The molecule has 0 amide bonds. The fourth-order valence-corrected chi connectivity index (χ4v) is 2.42. The highest BCUT2D eigenvalue weighted by atomic mass is 16.5. The standard InChI is InChI=1S/C17H14O7/c1-22-12-6-3-8(7-11(12)19)15-17(23-2)13(20)9-4-5-10(18)14(21)16(9)24-15/h3-7,18-19,21H,1-2H3. The van der Waals surface area contributed by atoms with Gasteiger partial charge in [-0.25, -0.2) is 0 Å². The summed E-state index contributed by atoms with van der Waals surface area (Å²) in [7, 11) is 2.72. The third kappa shape index (κ3) is 2.26. The summed E-state index contributed by atoms with van der Waals surface area (Å²) in [5.41, 5.74) is -0.350. The largest absolute Gasteiger partial charge is 0.504 e. The molecule has 0 bridgehead atoms. The molecule has 0 aliphatic carbocycles. The van der Waals surface area contributed by atoms with Crippen LogP contribution < -0.4 is 14.9 Å². The first-order valence-electron chi connectivity index (χ1n) is 6.91. The predicted molar refractivity (Wildman–Crippen MR) is 86.0 cm³/mol. The van der Waals surface area contributed by atoms with Crippen LogP contribution in [-0.2, 0) is 0 Å². The molecule has 3 rings (SSSR count). The van der Waals surface area contributed by atoms with Crippen molar-refractivity contribution in [2.24, 2.45) is 0 Å². The Morgan fingerprint density at radius 1 is 0.958 bits per heavy atom. The number of fused-ring (bicyclic) bond motifs is 1. The summed E-state index contributed by atoms with van der Waals surface area (Å²) in [6, 6.07) is 6.91. The Hall–Kier alpha value is -3.35. The van der Waals surface area contributed by atoms with E-state index in [0.29, 0.717) is 5.56 Å². The van der Waals surface area contributed by atoms with Gasteiger partial charge in [-0.05, 0) is 30.3 Å². The molecule has 0 saturated heterocycles. The highest BCUT2D eigenvalue weighted by Gasteiger charge is 2.21. The molecule has 3 aromatic rings. The van der Waals surface area contributed by atoms with Crippen LogP contribution in [0.1, 0.15) is 0 Å². The molecule has 0 aliphatic rings. The summed E-state index contributed by atoms with van der Waals surface area (Å²) in [5.74, 6) is -0.946. The van der Waals surface area contributed by atoms with E-state index in [1.165, 1.54) is 38.5 Å². The average molecular weight is 330 g/mol. The molecule has 0 fully saturated rings. The van der Waals surface area contributed by atoms with Gasteiger partial charge in [0.2, 0.25) is 16.9 Å². The van der Waals surface area contributed by atoms with Gasteiger partial charge in [0, 0.05) is 5.56 Å². The first-order chi connectivity index (χ1) is 11.5. The Kier molecular flexibility index (Phi) is 3.69. The lowest BCUT2D eigenvalue weighted by Gasteiger charge is -2.11. The van der Waals surface area contributed by atoms with Gasteiger partial charge < -0.3 is 29.2 Å². The highest BCUT2D eigenvalue weighted by Crippen LogP contribution is 2.39. The van der Waals surface area contributed by atoms with E-state index in [-0.39, 0.29) is 34.0 Å². The van der Waals surface area contributed by atoms with E-state index in [1.54, 1.807) is 6.07 Å². The topological polar surface area (TPSA) is 109 Å². The maximum atomic E-state index is 12.6. The number of ether oxygens (including phenoxy) is 2. The number of phenols is 3. The highest BCUT2D eigenvalue weighted by molar-refractivity contribution is 5.88. The minimum Gasteiger partial charge on any atom is -0.504 e. The van der Waals surface area contributed by atoms with E-state index in [9.17, 15) is 20.1 Å². The molecule has 0 radical (unpaired) electrons. The minimum atomic E-state index is -0.550. The minimum absolute atomic E-state index is 0.00820. The third-order valence-corrected chi connectivity index (χ3v) is 3.62. The van der Waals surface area contributed by atoms with Crippen molar-refractivity contribution in [3.63, 3.8) is 0 Å². The van der Waals surface area contributed by atoms with Crippen molar-refractivity contribution in [1.82, 2.24) is 0 Å². The van der Waals surface area contributed by atoms with E-state index in [1.807, 2.05) is 0 Å². The SMILES string of the molecule is COc1ccc(-c2oc3c(O)c(O)ccc3c(=O)c2OC)cc1O. The van der Waals surface area contributed by atoms with Crippen molar-refractivity contribution in [3.05, 3.63) is 40.6 Å². The zero-order valence-corrected chi connectivity index (χ0v) is 12.9. The number of methoxy groups -OCH3 is 2. The molecule has 3 N–H and O–H groups in total. The molecule has 1 heterocycles. The summed E-state index contributed by atoms with van der Waals surface area (Å²) in [6.07, 6.45) is 0. The Balaban J connectivity index is 2.37. The average Bonchev–Trinajstić information content (AvgIpc) is 2.58. The summed E-state index contributed by atoms with van der Waals surface area (Å²) in [5, 5.41) is 29.6. The molecule has 24 heavy (non-hydrogen) atoms. The lowest BCUT2D eigenvalue weighted by molar-refractivity contribution is 0.373. The van der Waals surface area contributed by atoms with Crippen molar-refractivity contribution in [1.29, 1.82) is 0 Å². The van der Waals surface area contributed by atoms with Crippen molar-refractivity contribution in [2.45, 2.75) is 0 Å². The second-order valence-electron chi connectivity index (χ2n) is 4.99. The smallest absolute Gasteiger partial charge is 0.235 e. The van der Waals surface area contributed by atoms with Crippen molar-refractivity contribution >= 4 is 11.0 Å². The van der Waals surface area contributed by atoms with Crippen LogP contribution in [0.25, 0.3) is 22.3 Å². The molecule has 7 heteroatoms. The second-order valence-corrected chi connectivity index (χ2v) is 4.99.